The standard InChI is InChI=1S/C12H17N3O3/c1-11(2)8(10(17)12(3,4)18-11)9(16)7-6-13-15(5)14-7/h6,8H,1-5H3. The molecule has 2 rings (SSSR count). The van der Waals surface area contributed by atoms with Gasteiger partial charge < -0.3 is 4.74 Å². The van der Waals surface area contributed by atoms with E-state index in [0.717, 1.165) is 0 Å². The van der Waals surface area contributed by atoms with Gasteiger partial charge in [-0.2, -0.15) is 15.0 Å². The summed E-state index contributed by atoms with van der Waals surface area (Å²) in [4.78, 5) is 25.9. The van der Waals surface area contributed by atoms with Crippen LogP contribution in [0.15, 0.2) is 6.20 Å². The first-order valence-electron chi connectivity index (χ1n) is 5.80. The van der Waals surface area contributed by atoms with Gasteiger partial charge >= 0.3 is 0 Å². The third-order valence-electron chi connectivity index (χ3n) is 3.18. The van der Waals surface area contributed by atoms with Gasteiger partial charge in [-0.3, -0.25) is 9.59 Å². The van der Waals surface area contributed by atoms with Crippen molar-refractivity contribution in [3.05, 3.63) is 11.9 Å². The minimum Gasteiger partial charge on any atom is -0.361 e. The van der Waals surface area contributed by atoms with Gasteiger partial charge in [0, 0.05) is 7.05 Å². The lowest BCUT2D eigenvalue weighted by Crippen LogP contribution is -2.37. The Balaban J connectivity index is 2.38. The van der Waals surface area contributed by atoms with Crippen LogP contribution in [0, 0.1) is 5.92 Å². The molecule has 6 nitrogen and oxygen atoms in total. The average molecular weight is 251 g/mol. The van der Waals surface area contributed by atoms with Gasteiger partial charge in [0.25, 0.3) is 0 Å². The van der Waals surface area contributed by atoms with Crippen molar-refractivity contribution in [2.75, 3.05) is 0 Å². The monoisotopic (exact) mass is 251 g/mol. The van der Waals surface area contributed by atoms with E-state index < -0.39 is 17.1 Å². The Bertz CT molecular complexity index is 516. The number of nitrogens with zero attached hydrogens (tertiary/aromatic N) is 3. The Morgan fingerprint density at radius 3 is 2.39 bits per heavy atom. The maximum absolute atomic E-state index is 12.4. The number of carbonyl (C=O) groups is 2. The molecule has 1 fully saturated rings. The van der Waals surface area contributed by atoms with Gasteiger partial charge in [0.05, 0.1) is 11.8 Å². The van der Waals surface area contributed by atoms with Crippen molar-refractivity contribution in [3.8, 4) is 0 Å². The number of Topliss-reactive ketones (excluding diaryl/α,β-unsaturated/α-hetero) is 2. The van der Waals surface area contributed by atoms with Crippen molar-refractivity contribution in [3.63, 3.8) is 0 Å². The molecular weight excluding hydrogens is 234 g/mol. The molecule has 0 amide bonds. The molecule has 1 atom stereocenters. The highest BCUT2D eigenvalue weighted by atomic mass is 16.5. The Labute approximate surface area is 105 Å². The molecule has 1 saturated heterocycles. The van der Waals surface area contributed by atoms with Crippen molar-refractivity contribution >= 4 is 11.6 Å². The smallest absolute Gasteiger partial charge is 0.198 e. The summed E-state index contributed by atoms with van der Waals surface area (Å²) in [5, 5.41) is 7.80. The molecule has 18 heavy (non-hydrogen) atoms. The zero-order valence-electron chi connectivity index (χ0n) is 11.2. The second kappa shape index (κ2) is 3.71. The largest absolute Gasteiger partial charge is 0.361 e. The van der Waals surface area contributed by atoms with Crippen LogP contribution in [0.3, 0.4) is 0 Å². The van der Waals surface area contributed by atoms with Crippen LogP contribution < -0.4 is 0 Å². The molecule has 0 radical (unpaired) electrons. The number of hydrogen-bond donors (Lipinski definition) is 0. The Kier molecular flexibility index (Phi) is 2.66. The summed E-state index contributed by atoms with van der Waals surface area (Å²) in [6.07, 6.45) is 1.37. The van der Waals surface area contributed by atoms with Crippen molar-refractivity contribution < 1.29 is 14.3 Å². The van der Waals surface area contributed by atoms with Crippen molar-refractivity contribution in [2.24, 2.45) is 13.0 Å². The fraction of sp³-hybridized carbons (Fsp3) is 0.667. The van der Waals surface area contributed by atoms with Crippen LogP contribution in [0.1, 0.15) is 38.2 Å². The maximum atomic E-state index is 12.4. The number of ether oxygens (including phenoxy) is 1. The third-order valence-corrected chi connectivity index (χ3v) is 3.18. The van der Waals surface area contributed by atoms with E-state index in [0.29, 0.717) is 0 Å². The molecule has 1 aromatic rings. The van der Waals surface area contributed by atoms with E-state index in [1.807, 2.05) is 0 Å². The van der Waals surface area contributed by atoms with Crippen LogP contribution in [-0.4, -0.2) is 37.8 Å². The van der Waals surface area contributed by atoms with E-state index in [-0.39, 0.29) is 17.3 Å². The van der Waals surface area contributed by atoms with Crippen LogP contribution in [0.2, 0.25) is 0 Å². The Morgan fingerprint density at radius 2 is 2.00 bits per heavy atom. The first-order valence-corrected chi connectivity index (χ1v) is 5.80. The van der Waals surface area contributed by atoms with Crippen LogP contribution in [0.4, 0.5) is 0 Å². The lowest BCUT2D eigenvalue weighted by molar-refractivity contribution is -0.132. The van der Waals surface area contributed by atoms with Gasteiger partial charge in [0.15, 0.2) is 11.6 Å². The highest BCUT2D eigenvalue weighted by molar-refractivity contribution is 6.14. The van der Waals surface area contributed by atoms with Crippen molar-refractivity contribution in [1.29, 1.82) is 0 Å². The molecule has 0 N–H and O–H groups in total. The molecule has 0 aliphatic carbocycles. The molecule has 0 bridgehead atoms. The van der Waals surface area contributed by atoms with Crippen LogP contribution >= 0.6 is 0 Å². The topological polar surface area (TPSA) is 74.1 Å². The van der Waals surface area contributed by atoms with E-state index in [4.69, 9.17) is 4.74 Å². The van der Waals surface area contributed by atoms with Gasteiger partial charge in [-0.15, -0.1) is 0 Å². The summed E-state index contributed by atoms with van der Waals surface area (Å²) in [7, 11) is 1.62. The molecule has 2 heterocycles. The van der Waals surface area contributed by atoms with Gasteiger partial charge in [0.2, 0.25) is 0 Å². The van der Waals surface area contributed by atoms with Crippen LogP contribution in [-0.2, 0) is 16.6 Å². The van der Waals surface area contributed by atoms with Crippen molar-refractivity contribution in [2.45, 2.75) is 38.9 Å². The SMILES string of the molecule is Cn1ncc(C(=O)C2C(=O)C(C)(C)OC2(C)C)n1. The lowest BCUT2D eigenvalue weighted by Gasteiger charge is -2.24. The molecule has 6 heteroatoms. The summed E-state index contributed by atoms with van der Waals surface area (Å²) >= 11 is 0. The molecule has 0 saturated carbocycles. The number of carbonyl (C=O) groups excluding carboxylic acids is 2. The summed E-state index contributed by atoms with van der Waals surface area (Å²) in [5.41, 5.74) is -1.56. The van der Waals surface area contributed by atoms with Gasteiger partial charge in [-0.05, 0) is 27.7 Å². The number of aryl methyl sites for hydroxylation is 1. The maximum Gasteiger partial charge on any atom is 0.198 e. The summed E-state index contributed by atoms with van der Waals surface area (Å²) in [5.74, 6) is -1.36. The first-order chi connectivity index (χ1) is 8.15. The van der Waals surface area contributed by atoms with Crippen LogP contribution in [0.5, 0.6) is 0 Å². The molecule has 0 spiro atoms. The summed E-state index contributed by atoms with van der Waals surface area (Å²) in [6, 6.07) is 0. The normalized spacial score (nSPS) is 25.4. The fourth-order valence-corrected chi connectivity index (χ4v) is 2.47. The van der Waals surface area contributed by atoms with Gasteiger partial charge in [0.1, 0.15) is 17.2 Å². The van der Waals surface area contributed by atoms with Crippen LogP contribution in [0.25, 0.3) is 0 Å². The Morgan fingerprint density at radius 1 is 1.39 bits per heavy atom. The summed E-state index contributed by atoms with van der Waals surface area (Å²) < 4.78 is 5.69. The predicted octanol–water partition coefficient (Wildman–Crippen LogP) is 0.770. The van der Waals surface area contributed by atoms with Gasteiger partial charge in [-0.25, -0.2) is 0 Å². The van der Waals surface area contributed by atoms with Crippen molar-refractivity contribution in [1.82, 2.24) is 15.0 Å². The molecule has 1 aromatic heterocycles. The minimum atomic E-state index is -0.938. The molecule has 98 valence electrons. The van der Waals surface area contributed by atoms with E-state index in [2.05, 4.69) is 10.2 Å². The molecule has 0 aromatic carbocycles. The second-order valence-electron chi connectivity index (χ2n) is 5.60. The first kappa shape index (κ1) is 12.9. The number of aromatic nitrogens is 3. The lowest BCUT2D eigenvalue weighted by atomic mass is 9.82. The van der Waals surface area contributed by atoms with Gasteiger partial charge in [-0.1, -0.05) is 0 Å². The zero-order valence-corrected chi connectivity index (χ0v) is 11.2. The fourth-order valence-electron chi connectivity index (χ4n) is 2.47. The highest BCUT2D eigenvalue weighted by Crippen LogP contribution is 2.40. The number of rotatable bonds is 2. The van der Waals surface area contributed by atoms with E-state index in [9.17, 15) is 9.59 Å². The number of ketones is 2. The predicted molar refractivity (Wildman–Crippen MR) is 63.1 cm³/mol. The average Bonchev–Trinajstić information content (AvgIpc) is 2.68. The third kappa shape index (κ3) is 1.86. The molecular formula is C12H17N3O3. The molecule has 1 aliphatic heterocycles. The second-order valence-corrected chi connectivity index (χ2v) is 5.60. The zero-order chi connectivity index (χ0) is 13.7. The van der Waals surface area contributed by atoms with E-state index in [1.54, 1.807) is 34.7 Å². The minimum absolute atomic E-state index is 0.199. The highest BCUT2D eigenvalue weighted by Gasteiger charge is 2.56. The summed E-state index contributed by atoms with van der Waals surface area (Å²) in [6.45, 7) is 6.86. The Hall–Kier alpha value is -1.56. The quantitative estimate of drug-likeness (QED) is 0.573. The molecule has 1 aliphatic rings. The molecule has 1 unspecified atom stereocenters. The number of hydrogen-bond acceptors (Lipinski definition) is 5. The van der Waals surface area contributed by atoms with E-state index in [1.165, 1.54) is 11.0 Å². The van der Waals surface area contributed by atoms with E-state index >= 15 is 0 Å².